The molecule has 0 radical (unpaired) electrons. The summed E-state index contributed by atoms with van der Waals surface area (Å²) in [6.07, 6.45) is 1.40. The van der Waals surface area contributed by atoms with Gasteiger partial charge in [-0.3, -0.25) is 4.79 Å². The molecule has 1 aromatic carbocycles. The minimum absolute atomic E-state index is 0.301. The fourth-order valence-corrected chi connectivity index (χ4v) is 1.88. The highest BCUT2D eigenvalue weighted by atomic mass is 35.5. The van der Waals surface area contributed by atoms with Crippen molar-refractivity contribution >= 4 is 29.0 Å². The average molecular weight is 294 g/mol. The van der Waals surface area contributed by atoms with Gasteiger partial charge in [-0.1, -0.05) is 17.7 Å². The van der Waals surface area contributed by atoms with E-state index in [4.69, 9.17) is 11.6 Å². The van der Waals surface area contributed by atoms with Gasteiger partial charge in [-0.05, 0) is 30.7 Å². The monoisotopic (exact) mass is 293 g/mol. The van der Waals surface area contributed by atoms with Gasteiger partial charge in [0.05, 0.1) is 10.6 Å². The topological polar surface area (TPSA) is 54.0 Å². The largest absolute Gasteiger partial charge is 0.372 e. The third-order valence-electron chi connectivity index (χ3n) is 2.77. The van der Waals surface area contributed by atoms with Crippen molar-refractivity contribution in [1.82, 2.24) is 4.98 Å². The lowest BCUT2D eigenvalue weighted by molar-refractivity contribution is 0.102. The molecule has 0 fully saturated rings. The molecule has 1 aromatic heterocycles. The second-order valence-electron chi connectivity index (χ2n) is 4.22. The summed E-state index contributed by atoms with van der Waals surface area (Å²) in [5, 5.41) is 5.74. The number of rotatable bonds is 3. The van der Waals surface area contributed by atoms with E-state index in [0.717, 1.165) is 0 Å². The van der Waals surface area contributed by atoms with Gasteiger partial charge in [0, 0.05) is 18.9 Å². The summed E-state index contributed by atoms with van der Waals surface area (Å²) in [5.74, 6) is -0.278. The Morgan fingerprint density at radius 1 is 1.35 bits per heavy atom. The first-order valence-electron chi connectivity index (χ1n) is 5.92. The first-order chi connectivity index (χ1) is 9.51. The van der Waals surface area contributed by atoms with Gasteiger partial charge < -0.3 is 10.6 Å². The van der Waals surface area contributed by atoms with E-state index in [1.54, 1.807) is 26.1 Å². The molecule has 20 heavy (non-hydrogen) atoms. The number of nitrogens with one attached hydrogen (secondary N) is 2. The van der Waals surface area contributed by atoms with Gasteiger partial charge in [0.2, 0.25) is 0 Å². The Morgan fingerprint density at radius 2 is 2.10 bits per heavy atom. The van der Waals surface area contributed by atoms with Gasteiger partial charge in [-0.2, -0.15) is 0 Å². The Morgan fingerprint density at radius 3 is 2.70 bits per heavy atom. The lowest BCUT2D eigenvalue weighted by Gasteiger charge is -2.08. The molecule has 0 saturated carbocycles. The van der Waals surface area contributed by atoms with Crippen LogP contribution in [0.4, 0.5) is 15.9 Å². The maximum atomic E-state index is 13.4. The normalized spacial score (nSPS) is 10.2. The number of amides is 1. The van der Waals surface area contributed by atoms with Gasteiger partial charge in [0.1, 0.15) is 11.6 Å². The number of hydrogen-bond donors (Lipinski definition) is 2. The summed E-state index contributed by atoms with van der Waals surface area (Å²) in [6.45, 7) is 1.65. The zero-order valence-electron chi connectivity index (χ0n) is 11.0. The minimum Gasteiger partial charge on any atom is -0.372 e. The molecule has 0 bridgehead atoms. The molecule has 0 spiro atoms. The maximum absolute atomic E-state index is 13.4. The SMILES string of the molecule is CNc1ncc(C(=O)Nc2ccc(C)c(F)c2)cc1Cl. The number of benzene rings is 1. The van der Waals surface area contributed by atoms with Crippen LogP contribution in [-0.2, 0) is 0 Å². The molecule has 4 nitrogen and oxygen atoms in total. The van der Waals surface area contributed by atoms with Crippen LogP contribution >= 0.6 is 11.6 Å². The molecule has 0 aliphatic rings. The lowest BCUT2D eigenvalue weighted by Crippen LogP contribution is -2.13. The Bertz CT molecular complexity index is 661. The van der Waals surface area contributed by atoms with Gasteiger partial charge in [-0.25, -0.2) is 9.37 Å². The number of aromatic nitrogens is 1. The molecule has 0 atom stereocenters. The minimum atomic E-state index is -0.398. The number of carbonyl (C=O) groups excluding carboxylic acids is 1. The first kappa shape index (κ1) is 14.3. The third kappa shape index (κ3) is 3.05. The highest BCUT2D eigenvalue weighted by Gasteiger charge is 2.10. The smallest absolute Gasteiger partial charge is 0.257 e. The van der Waals surface area contributed by atoms with Gasteiger partial charge in [-0.15, -0.1) is 0 Å². The summed E-state index contributed by atoms with van der Waals surface area (Å²) in [4.78, 5) is 16.0. The van der Waals surface area contributed by atoms with Gasteiger partial charge >= 0.3 is 0 Å². The number of aryl methyl sites for hydroxylation is 1. The van der Waals surface area contributed by atoms with Crippen molar-refractivity contribution in [2.75, 3.05) is 17.7 Å². The van der Waals surface area contributed by atoms with Crippen molar-refractivity contribution in [3.63, 3.8) is 0 Å². The molecule has 2 aromatic rings. The number of hydrogen-bond acceptors (Lipinski definition) is 3. The molecule has 2 rings (SSSR count). The Kier molecular flexibility index (Phi) is 4.20. The van der Waals surface area contributed by atoms with Crippen LogP contribution in [0, 0.1) is 12.7 Å². The van der Waals surface area contributed by atoms with Crippen LogP contribution in [0.5, 0.6) is 0 Å². The Balaban J connectivity index is 2.19. The molecule has 2 N–H and O–H groups in total. The van der Waals surface area contributed by atoms with Crippen molar-refractivity contribution in [2.24, 2.45) is 0 Å². The molecular formula is C14H13ClFN3O. The third-order valence-corrected chi connectivity index (χ3v) is 3.06. The van der Waals surface area contributed by atoms with E-state index in [0.29, 0.717) is 27.7 Å². The summed E-state index contributed by atoms with van der Waals surface area (Å²) in [6, 6.07) is 6.00. The Hall–Kier alpha value is -2.14. The van der Waals surface area contributed by atoms with Crippen LogP contribution in [-0.4, -0.2) is 17.9 Å². The predicted octanol–water partition coefficient (Wildman–Crippen LogP) is 3.48. The van der Waals surface area contributed by atoms with E-state index in [1.807, 2.05) is 0 Å². The highest BCUT2D eigenvalue weighted by molar-refractivity contribution is 6.33. The van der Waals surface area contributed by atoms with Crippen LogP contribution in [0.15, 0.2) is 30.5 Å². The van der Waals surface area contributed by atoms with Crippen LogP contribution in [0.2, 0.25) is 5.02 Å². The first-order valence-corrected chi connectivity index (χ1v) is 6.30. The Labute approximate surface area is 121 Å². The number of halogens is 2. The van der Waals surface area contributed by atoms with Crippen molar-refractivity contribution < 1.29 is 9.18 Å². The number of nitrogens with zero attached hydrogens (tertiary/aromatic N) is 1. The van der Waals surface area contributed by atoms with Crippen LogP contribution < -0.4 is 10.6 Å². The summed E-state index contributed by atoms with van der Waals surface area (Å²) in [5.41, 5.74) is 1.20. The fourth-order valence-electron chi connectivity index (χ4n) is 1.62. The zero-order chi connectivity index (χ0) is 14.7. The van der Waals surface area contributed by atoms with E-state index in [1.165, 1.54) is 18.3 Å². The average Bonchev–Trinajstić information content (AvgIpc) is 2.42. The lowest BCUT2D eigenvalue weighted by atomic mass is 10.2. The van der Waals surface area contributed by atoms with Crippen molar-refractivity contribution in [2.45, 2.75) is 6.92 Å². The van der Waals surface area contributed by atoms with Crippen molar-refractivity contribution in [3.8, 4) is 0 Å². The fraction of sp³-hybridized carbons (Fsp3) is 0.143. The molecule has 1 amide bonds. The number of carbonyl (C=O) groups is 1. The van der Waals surface area contributed by atoms with Gasteiger partial charge in [0.15, 0.2) is 0 Å². The molecule has 104 valence electrons. The molecule has 0 aliphatic heterocycles. The predicted molar refractivity (Wildman–Crippen MR) is 77.9 cm³/mol. The second kappa shape index (κ2) is 5.88. The quantitative estimate of drug-likeness (QED) is 0.911. The van der Waals surface area contributed by atoms with Crippen molar-refractivity contribution in [3.05, 3.63) is 52.4 Å². The number of pyridine rings is 1. The van der Waals surface area contributed by atoms with E-state index in [2.05, 4.69) is 15.6 Å². The summed E-state index contributed by atoms with van der Waals surface area (Å²) < 4.78 is 13.4. The van der Waals surface area contributed by atoms with Gasteiger partial charge in [0.25, 0.3) is 5.91 Å². The van der Waals surface area contributed by atoms with Crippen LogP contribution in [0.1, 0.15) is 15.9 Å². The van der Waals surface area contributed by atoms with E-state index in [-0.39, 0.29) is 5.82 Å². The molecule has 0 unspecified atom stereocenters. The summed E-state index contributed by atoms with van der Waals surface area (Å²) in [7, 11) is 1.68. The molecule has 6 heteroatoms. The molecule has 0 aliphatic carbocycles. The van der Waals surface area contributed by atoms with E-state index < -0.39 is 5.91 Å². The molecule has 1 heterocycles. The maximum Gasteiger partial charge on any atom is 0.257 e. The van der Waals surface area contributed by atoms with E-state index >= 15 is 0 Å². The number of anilines is 2. The van der Waals surface area contributed by atoms with E-state index in [9.17, 15) is 9.18 Å². The zero-order valence-corrected chi connectivity index (χ0v) is 11.8. The van der Waals surface area contributed by atoms with Crippen molar-refractivity contribution in [1.29, 1.82) is 0 Å². The second-order valence-corrected chi connectivity index (χ2v) is 4.63. The molecule has 0 saturated heterocycles. The van der Waals surface area contributed by atoms with Crippen LogP contribution in [0.25, 0.3) is 0 Å². The highest BCUT2D eigenvalue weighted by Crippen LogP contribution is 2.20. The van der Waals surface area contributed by atoms with Crippen LogP contribution in [0.3, 0.4) is 0 Å². The summed E-state index contributed by atoms with van der Waals surface area (Å²) >= 11 is 5.96. The molecular weight excluding hydrogens is 281 g/mol. The standard InChI is InChI=1S/C14H13ClFN3O/c1-8-3-4-10(6-12(8)16)19-14(20)9-5-11(15)13(17-2)18-7-9/h3-7H,1-2H3,(H,17,18)(H,19,20).